The number of aromatic amines is 1. The van der Waals surface area contributed by atoms with Crippen molar-refractivity contribution in [3.05, 3.63) is 40.6 Å². The molecule has 0 spiro atoms. The van der Waals surface area contributed by atoms with Crippen LogP contribution >= 0.6 is 11.6 Å². The minimum atomic E-state index is 0.351. The van der Waals surface area contributed by atoms with Crippen molar-refractivity contribution in [3.8, 4) is 17.3 Å². The standard InChI is InChI=1S/C17H17ClN4/c18-15-9-13(7-6-12-4-2-1-3-5-12)8-14(10-15)17-16(11-19)20-22-21-17/h6-10,12H,1-5H2,(H,20,21,22)/b7-6+. The van der Waals surface area contributed by atoms with Crippen LogP contribution in [0.3, 0.4) is 0 Å². The second-order valence-corrected chi connectivity index (χ2v) is 6.11. The van der Waals surface area contributed by atoms with Crippen LogP contribution in [0.1, 0.15) is 43.4 Å². The van der Waals surface area contributed by atoms with Crippen LogP contribution in [0, 0.1) is 17.2 Å². The number of allylic oxidation sites excluding steroid dienone is 1. The Kier molecular flexibility index (Phi) is 4.55. The Morgan fingerprint density at radius 1 is 1.23 bits per heavy atom. The number of nitriles is 1. The fourth-order valence-electron chi connectivity index (χ4n) is 2.93. The maximum Gasteiger partial charge on any atom is 0.163 e. The van der Waals surface area contributed by atoms with Gasteiger partial charge in [0.1, 0.15) is 11.8 Å². The van der Waals surface area contributed by atoms with Crippen molar-refractivity contribution in [2.75, 3.05) is 0 Å². The molecule has 1 N–H and O–H groups in total. The van der Waals surface area contributed by atoms with Gasteiger partial charge in [-0.25, -0.2) is 5.10 Å². The van der Waals surface area contributed by atoms with Crippen LogP contribution in [0.2, 0.25) is 5.02 Å². The van der Waals surface area contributed by atoms with Crippen molar-refractivity contribution in [3.63, 3.8) is 0 Å². The van der Waals surface area contributed by atoms with Gasteiger partial charge in [0.2, 0.25) is 0 Å². The lowest BCUT2D eigenvalue weighted by Crippen LogP contribution is -2.02. The van der Waals surface area contributed by atoms with E-state index in [2.05, 4.69) is 33.6 Å². The molecule has 1 saturated carbocycles. The van der Waals surface area contributed by atoms with Gasteiger partial charge in [0.25, 0.3) is 0 Å². The van der Waals surface area contributed by atoms with Crippen molar-refractivity contribution in [1.29, 1.82) is 5.26 Å². The lowest BCUT2D eigenvalue weighted by atomic mass is 9.88. The molecule has 22 heavy (non-hydrogen) atoms. The highest BCUT2D eigenvalue weighted by atomic mass is 35.5. The average Bonchev–Trinajstić information content (AvgIpc) is 3.02. The molecular formula is C17H17ClN4. The summed E-state index contributed by atoms with van der Waals surface area (Å²) in [6.07, 6.45) is 10.9. The average molecular weight is 313 g/mol. The summed E-state index contributed by atoms with van der Waals surface area (Å²) in [7, 11) is 0. The van der Waals surface area contributed by atoms with Crippen LogP contribution in [0.15, 0.2) is 24.3 Å². The lowest BCUT2D eigenvalue weighted by Gasteiger charge is -2.17. The molecule has 4 nitrogen and oxygen atoms in total. The largest absolute Gasteiger partial charge is 0.247 e. The Bertz CT molecular complexity index is 721. The van der Waals surface area contributed by atoms with E-state index in [1.807, 2.05) is 12.1 Å². The monoisotopic (exact) mass is 312 g/mol. The smallest absolute Gasteiger partial charge is 0.163 e. The second-order valence-electron chi connectivity index (χ2n) is 5.68. The number of rotatable bonds is 3. The summed E-state index contributed by atoms with van der Waals surface area (Å²) >= 11 is 6.21. The summed E-state index contributed by atoms with van der Waals surface area (Å²) < 4.78 is 0. The summed E-state index contributed by atoms with van der Waals surface area (Å²) in [5.41, 5.74) is 2.72. The van der Waals surface area contributed by atoms with E-state index in [-0.39, 0.29) is 0 Å². The highest BCUT2D eigenvalue weighted by Crippen LogP contribution is 2.28. The summed E-state index contributed by atoms with van der Waals surface area (Å²) in [6.45, 7) is 0. The molecule has 5 heteroatoms. The zero-order chi connectivity index (χ0) is 15.4. The van der Waals surface area contributed by atoms with Gasteiger partial charge >= 0.3 is 0 Å². The van der Waals surface area contributed by atoms with Crippen LogP contribution < -0.4 is 0 Å². The molecule has 1 aliphatic carbocycles. The highest BCUT2D eigenvalue weighted by molar-refractivity contribution is 6.31. The first-order valence-electron chi connectivity index (χ1n) is 7.56. The fourth-order valence-corrected chi connectivity index (χ4v) is 3.17. The van der Waals surface area contributed by atoms with E-state index in [1.165, 1.54) is 32.1 Å². The van der Waals surface area contributed by atoms with Gasteiger partial charge in [-0.2, -0.15) is 5.26 Å². The van der Waals surface area contributed by atoms with Crippen LogP contribution in [-0.2, 0) is 0 Å². The quantitative estimate of drug-likeness (QED) is 0.901. The highest BCUT2D eigenvalue weighted by Gasteiger charge is 2.12. The van der Waals surface area contributed by atoms with Gasteiger partial charge in [0.05, 0.1) is 0 Å². The number of hydrogen-bond donors (Lipinski definition) is 1. The van der Waals surface area contributed by atoms with Gasteiger partial charge in [-0.05, 0) is 42.5 Å². The van der Waals surface area contributed by atoms with Crippen molar-refractivity contribution in [2.45, 2.75) is 32.1 Å². The van der Waals surface area contributed by atoms with Crippen molar-refractivity contribution in [1.82, 2.24) is 15.4 Å². The lowest BCUT2D eigenvalue weighted by molar-refractivity contribution is 0.420. The number of H-pyrrole nitrogens is 1. The predicted molar refractivity (Wildman–Crippen MR) is 87.2 cm³/mol. The van der Waals surface area contributed by atoms with E-state index in [9.17, 15) is 0 Å². The van der Waals surface area contributed by atoms with E-state index in [0.717, 1.165) is 11.1 Å². The Labute approximate surface area is 134 Å². The zero-order valence-corrected chi connectivity index (χ0v) is 13.0. The second kappa shape index (κ2) is 6.76. The van der Waals surface area contributed by atoms with E-state index >= 15 is 0 Å². The van der Waals surface area contributed by atoms with E-state index in [1.54, 1.807) is 6.07 Å². The first kappa shape index (κ1) is 14.8. The van der Waals surface area contributed by atoms with Crippen molar-refractivity contribution >= 4 is 17.7 Å². The Morgan fingerprint density at radius 2 is 2.05 bits per heavy atom. The predicted octanol–water partition coefficient (Wildman–Crippen LogP) is 4.59. The maximum atomic E-state index is 9.07. The third-order valence-corrected chi connectivity index (χ3v) is 4.28. The molecular weight excluding hydrogens is 296 g/mol. The Morgan fingerprint density at radius 3 is 2.82 bits per heavy atom. The summed E-state index contributed by atoms with van der Waals surface area (Å²) in [6, 6.07) is 7.78. The normalized spacial score (nSPS) is 16.0. The summed E-state index contributed by atoms with van der Waals surface area (Å²) in [5.74, 6) is 0.665. The number of nitrogens with one attached hydrogen (secondary N) is 1. The first-order valence-corrected chi connectivity index (χ1v) is 7.94. The molecule has 0 aliphatic heterocycles. The molecule has 0 saturated heterocycles. The topological polar surface area (TPSA) is 65.4 Å². The molecule has 0 atom stereocenters. The molecule has 2 aromatic rings. The molecule has 0 bridgehead atoms. The zero-order valence-electron chi connectivity index (χ0n) is 12.2. The Balaban J connectivity index is 1.87. The molecule has 0 unspecified atom stereocenters. The van der Waals surface area contributed by atoms with Crippen LogP contribution in [0.25, 0.3) is 17.3 Å². The van der Waals surface area contributed by atoms with E-state index < -0.39 is 0 Å². The Hall–Kier alpha value is -2.12. The third-order valence-electron chi connectivity index (χ3n) is 4.06. The number of benzene rings is 1. The minimum Gasteiger partial charge on any atom is -0.247 e. The van der Waals surface area contributed by atoms with Gasteiger partial charge in [0, 0.05) is 10.6 Å². The van der Waals surface area contributed by atoms with E-state index in [4.69, 9.17) is 16.9 Å². The van der Waals surface area contributed by atoms with Crippen molar-refractivity contribution in [2.24, 2.45) is 5.92 Å². The molecule has 1 aliphatic rings. The van der Waals surface area contributed by atoms with Crippen LogP contribution in [0.5, 0.6) is 0 Å². The summed E-state index contributed by atoms with van der Waals surface area (Å²) in [5, 5.41) is 20.0. The molecule has 1 aromatic carbocycles. The number of hydrogen-bond acceptors (Lipinski definition) is 3. The first-order chi connectivity index (χ1) is 10.8. The third kappa shape index (κ3) is 3.37. The van der Waals surface area contributed by atoms with Gasteiger partial charge in [-0.3, -0.25) is 0 Å². The molecule has 3 rings (SSSR count). The number of nitrogens with zero attached hydrogens (tertiary/aromatic N) is 3. The molecule has 112 valence electrons. The van der Waals surface area contributed by atoms with Crippen LogP contribution in [-0.4, -0.2) is 15.4 Å². The molecule has 0 amide bonds. The van der Waals surface area contributed by atoms with Gasteiger partial charge < -0.3 is 0 Å². The van der Waals surface area contributed by atoms with Gasteiger partial charge in [0.15, 0.2) is 5.69 Å². The molecule has 1 aromatic heterocycles. The summed E-state index contributed by atoms with van der Waals surface area (Å²) in [4.78, 5) is 0. The van der Waals surface area contributed by atoms with E-state index in [0.29, 0.717) is 22.3 Å². The maximum absolute atomic E-state index is 9.07. The van der Waals surface area contributed by atoms with Gasteiger partial charge in [-0.15, -0.1) is 5.10 Å². The number of halogens is 1. The molecule has 1 fully saturated rings. The molecule has 1 heterocycles. The van der Waals surface area contributed by atoms with Crippen molar-refractivity contribution < 1.29 is 0 Å². The van der Waals surface area contributed by atoms with Crippen LogP contribution in [0.4, 0.5) is 0 Å². The number of aromatic nitrogens is 3. The molecule has 0 radical (unpaired) electrons. The van der Waals surface area contributed by atoms with Gasteiger partial charge in [-0.1, -0.05) is 48.2 Å². The SMILES string of the molecule is N#Cc1[nH]nnc1-c1cc(Cl)cc(/C=C/C2CCCCC2)c1. The minimum absolute atomic E-state index is 0.351. The fraction of sp³-hybridized carbons (Fsp3) is 0.353.